The van der Waals surface area contributed by atoms with E-state index in [1.54, 1.807) is 0 Å². The number of hydrogen-bond donors (Lipinski definition) is 0. The van der Waals surface area contributed by atoms with Gasteiger partial charge in [-0.25, -0.2) is 4.79 Å². The summed E-state index contributed by atoms with van der Waals surface area (Å²) in [6.07, 6.45) is -2.14. The van der Waals surface area contributed by atoms with Crippen molar-refractivity contribution in [3.63, 3.8) is 0 Å². The largest absolute Gasteiger partial charge is 0.572 e. The Hall–Kier alpha value is -1.46. The first-order valence-electron chi connectivity index (χ1n) is 4.29. The number of esters is 1. The summed E-state index contributed by atoms with van der Waals surface area (Å²) in [4.78, 5) is 11.0. The zero-order valence-corrected chi connectivity index (χ0v) is 7.50. The number of carbonyl (C=O) groups is 1. The number of carbonyl (C=O) groups excluding carboxylic acids is 1. The van der Waals surface area contributed by atoms with Gasteiger partial charge in [0, 0.05) is 17.9 Å². The van der Waals surface area contributed by atoms with E-state index in [1.165, 1.54) is 6.08 Å². The van der Waals surface area contributed by atoms with Crippen LogP contribution in [0.2, 0.25) is 0 Å². The minimum absolute atomic E-state index is 0.0527. The highest BCUT2D eigenvalue weighted by atomic mass is 19.4. The van der Waals surface area contributed by atoms with Gasteiger partial charge in [-0.15, -0.1) is 13.2 Å². The van der Waals surface area contributed by atoms with E-state index in [0.717, 1.165) is 6.08 Å². The highest BCUT2D eigenvalue weighted by Crippen LogP contribution is 2.34. The molecule has 1 saturated heterocycles. The molecule has 0 amide bonds. The third-order valence-corrected chi connectivity index (χ3v) is 2.23. The van der Waals surface area contributed by atoms with Crippen LogP contribution in [0.5, 0.6) is 0 Å². The number of rotatable bonds is 1. The van der Waals surface area contributed by atoms with Crippen LogP contribution < -0.4 is 0 Å². The van der Waals surface area contributed by atoms with E-state index < -0.39 is 12.3 Å². The quantitative estimate of drug-likeness (QED) is 0.633. The molecular weight excluding hydrogens is 213 g/mol. The number of fused-ring (bicyclic) bond motifs is 1. The first kappa shape index (κ1) is 10.1. The average Bonchev–Trinajstić information content (AvgIpc) is 2.45. The first-order valence-corrected chi connectivity index (χ1v) is 4.29. The summed E-state index contributed by atoms with van der Waals surface area (Å²) in [6.45, 7) is 0.128. The molecule has 1 aliphatic carbocycles. The second kappa shape index (κ2) is 3.29. The summed E-state index contributed by atoms with van der Waals surface area (Å²) in [7, 11) is 0. The Bertz CT molecular complexity index is 354. The smallest absolute Gasteiger partial charge is 0.462 e. The molecule has 1 aliphatic heterocycles. The highest BCUT2D eigenvalue weighted by Gasteiger charge is 2.37. The van der Waals surface area contributed by atoms with Gasteiger partial charge in [0.25, 0.3) is 0 Å². The van der Waals surface area contributed by atoms with Gasteiger partial charge in [0.2, 0.25) is 0 Å². The van der Waals surface area contributed by atoms with Crippen molar-refractivity contribution in [1.82, 2.24) is 0 Å². The maximum atomic E-state index is 11.9. The van der Waals surface area contributed by atoms with Gasteiger partial charge in [0.1, 0.15) is 5.76 Å². The fourth-order valence-corrected chi connectivity index (χ4v) is 1.61. The zero-order valence-electron chi connectivity index (χ0n) is 7.50. The van der Waals surface area contributed by atoms with Gasteiger partial charge >= 0.3 is 12.3 Å². The van der Waals surface area contributed by atoms with Crippen LogP contribution in [-0.2, 0) is 14.3 Å². The lowest BCUT2D eigenvalue weighted by Gasteiger charge is -2.17. The van der Waals surface area contributed by atoms with Gasteiger partial charge in [-0.2, -0.15) is 0 Å². The van der Waals surface area contributed by atoms with Crippen molar-refractivity contribution in [2.24, 2.45) is 5.92 Å². The molecule has 0 aromatic heterocycles. The molecule has 82 valence electrons. The van der Waals surface area contributed by atoms with Crippen molar-refractivity contribution in [1.29, 1.82) is 0 Å². The highest BCUT2D eigenvalue weighted by molar-refractivity contribution is 5.91. The maximum Gasteiger partial charge on any atom is 0.572 e. The summed E-state index contributed by atoms with van der Waals surface area (Å²) in [6, 6.07) is 0. The minimum Gasteiger partial charge on any atom is -0.462 e. The Balaban J connectivity index is 2.11. The standard InChI is InChI=1S/C9H7F3O3/c10-9(11,12)15-6-1-2-7-5(3-6)4-14-8(7)13/h1-2,5H,3-4H2. The molecule has 0 radical (unpaired) electrons. The molecule has 1 fully saturated rings. The third kappa shape index (κ3) is 2.14. The summed E-state index contributed by atoms with van der Waals surface area (Å²) < 4.78 is 44.1. The lowest BCUT2D eigenvalue weighted by atomic mass is 9.93. The molecule has 0 saturated carbocycles. The third-order valence-electron chi connectivity index (χ3n) is 2.23. The van der Waals surface area contributed by atoms with Crippen molar-refractivity contribution in [3.05, 3.63) is 23.5 Å². The van der Waals surface area contributed by atoms with Crippen LogP contribution in [-0.4, -0.2) is 18.9 Å². The number of ether oxygens (including phenoxy) is 2. The Morgan fingerprint density at radius 2 is 2.13 bits per heavy atom. The normalized spacial score (nSPS) is 25.3. The number of halogens is 3. The Morgan fingerprint density at radius 3 is 2.80 bits per heavy atom. The molecule has 1 heterocycles. The van der Waals surface area contributed by atoms with Crippen molar-refractivity contribution in [3.8, 4) is 0 Å². The number of allylic oxidation sites excluding steroid dienone is 3. The lowest BCUT2D eigenvalue weighted by molar-refractivity contribution is -0.306. The van der Waals surface area contributed by atoms with Gasteiger partial charge in [0.15, 0.2) is 0 Å². The summed E-state index contributed by atoms with van der Waals surface area (Å²) in [5.41, 5.74) is 0.421. The monoisotopic (exact) mass is 220 g/mol. The summed E-state index contributed by atoms with van der Waals surface area (Å²) in [5.74, 6) is -0.947. The minimum atomic E-state index is -4.68. The summed E-state index contributed by atoms with van der Waals surface area (Å²) >= 11 is 0. The molecule has 6 heteroatoms. The second-order valence-electron chi connectivity index (χ2n) is 3.30. The second-order valence-corrected chi connectivity index (χ2v) is 3.30. The van der Waals surface area contributed by atoms with E-state index in [-0.39, 0.29) is 24.7 Å². The van der Waals surface area contributed by atoms with Crippen LogP contribution in [0.1, 0.15) is 6.42 Å². The lowest BCUT2D eigenvalue weighted by Crippen LogP contribution is -2.17. The van der Waals surface area contributed by atoms with Gasteiger partial charge < -0.3 is 9.47 Å². The van der Waals surface area contributed by atoms with E-state index in [1.807, 2.05) is 0 Å². The Morgan fingerprint density at radius 1 is 1.40 bits per heavy atom. The zero-order chi connectivity index (χ0) is 11.1. The number of alkyl halides is 3. The van der Waals surface area contributed by atoms with Crippen LogP contribution in [0.15, 0.2) is 23.5 Å². The van der Waals surface area contributed by atoms with Gasteiger partial charge in [0.05, 0.1) is 6.61 Å². The topological polar surface area (TPSA) is 35.5 Å². The van der Waals surface area contributed by atoms with Crippen LogP contribution >= 0.6 is 0 Å². The first-order chi connectivity index (χ1) is 6.96. The molecule has 0 aromatic carbocycles. The number of hydrogen-bond acceptors (Lipinski definition) is 3. The molecule has 1 atom stereocenters. The van der Waals surface area contributed by atoms with Crippen LogP contribution in [0.4, 0.5) is 13.2 Å². The van der Waals surface area contributed by atoms with E-state index in [9.17, 15) is 18.0 Å². The Kier molecular flexibility index (Phi) is 2.21. The molecule has 15 heavy (non-hydrogen) atoms. The van der Waals surface area contributed by atoms with Crippen molar-refractivity contribution in [2.45, 2.75) is 12.8 Å². The maximum absolute atomic E-state index is 11.9. The molecular formula is C9H7F3O3. The fourth-order valence-electron chi connectivity index (χ4n) is 1.61. The van der Waals surface area contributed by atoms with Crippen LogP contribution in [0.25, 0.3) is 0 Å². The fraction of sp³-hybridized carbons (Fsp3) is 0.444. The van der Waals surface area contributed by atoms with Crippen molar-refractivity contribution < 1.29 is 27.4 Å². The van der Waals surface area contributed by atoms with Gasteiger partial charge in [-0.1, -0.05) is 0 Å². The van der Waals surface area contributed by atoms with Gasteiger partial charge in [-0.3, -0.25) is 0 Å². The molecule has 1 unspecified atom stereocenters. The molecule has 0 bridgehead atoms. The van der Waals surface area contributed by atoms with E-state index in [4.69, 9.17) is 4.74 Å². The molecule has 2 rings (SSSR count). The molecule has 0 aromatic rings. The predicted molar refractivity (Wildman–Crippen MR) is 42.4 cm³/mol. The molecule has 0 spiro atoms. The van der Waals surface area contributed by atoms with E-state index in [0.29, 0.717) is 5.57 Å². The summed E-state index contributed by atoms with van der Waals surface area (Å²) in [5, 5.41) is 0. The molecule has 3 nitrogen and oxygen atoms in total. The Labute approximate surface area is 83.2 Å². The van der Waals surface area contributed by atoms with Crippen LogP contribution in [0, 0.1) is 5.92 Å². The number of cyclic esters (lactones) is 1. The predicted octanol–water partition coefficient (Wildman–Crippen LogP) is 1.91. The van der Waals surface area contributed by atoms with Crippen molar-refractivity contribution >= 4 is 5.97 Å². The SMILES string of the molecule is O=C1OCC2CC(OC(F)(F)F)=CC=C12. The average molecular weight is 220 g/mol. The van der Waals surface area contributed by atoms with Crippen LogP contribution in [0.3, 0.4) is 0 Å². The van der Waals surface area contributed by atoms with Crippen molar-refractivity contribution in [2.75, 3.05) is 6.61 Å². The molecule has 0 N–H and O–H groups in total. The van der Waals surface area contributed by atoms with E-state index in [2.05, 4.69) is 4.74 Å². The van der Waals surface area contributed by atoms with E-state index >= 15 is 0 Å². The molecule has 2 aliphatic rings. The van der Waals surface area contributed by atoms with Gasteiger partial charge in [-0.05, 0) is 12.2 Å².